The molecule has 0 bridgehead atoms. The van der Waals surface area contributed by atoms with Gasteiger partial charge in [0.1, 0.15) is 6.04 Å². The number of hydrogen-bond donors (Lipinski definition) is 2. The summed E-state index contributed by atoms with van der Waals surface area (Å²) in [6.45, 7) is 7.77. The summed E-state index contributed by atoms with van der Waals surface area (Å²) in [6, 6.07) is -0.0983. The van der Waals surface area contributed by atoms with Gasteiger partial charge in [-0.05, 0) is 13.8 Å². The topological polar surface area (TPSA) is 73.2 Å². The lowest BCUT2D eigenvalue weighted by atomic mass is 10.2. The predicted molar refractivity (Wildman–Crippen MR) is 70.1 cm³/mol. The van der Waals surface area contributed by atoms with E-state index >= 15 is 0 Å². The van der Waals surface area contributed by atoms with Crippen molar-refractivity contribution in [3.8, 4) is 0 Å². The average molecular weight is 272 g/mol. The number of aliphatic hydroxyl groups is 1. The van der Waals surface area contributed by atoms with Crippen LogP contribution >= 0.6 is 0 Å². The number of morpholine rings is 1. The number of nitrogens with zero attached hydrogens (tertiary/aromatic N) is 2. The minimum atomic E-state index is -0.854. The van der Waals surface area contributed by atoms with Gasteiger partial charge in [-0.3, -0.25) is 14.6 Å². The largest absolute Gasteiger partial charge is 0.480 e. The lowest BCUT2D eigenvalue weighted by Gasteiger charge is -2.37. The zero-order valence-electron chi connectivity index (χ0n) is 11.7. The summed E-state index contributed by atoms with van der Waals surface area (Å²) in [6.07, 6.45) is -0.190. The number of ether oxygens (including phenoxy) is 1. The number of carboxylic acids is 1. The van der Waals surface area contributed by atoms with Crippen molar-refractivity contribution in [2.45, 2.75) is 44.6 Å². The molecule has 110 valence electrons. The molecule has 2 N–H and O–H groups in total. The first kappa shape index (κ1) is 14.7. The second kappa shape index (κ2) is 6.17. The van der Waals surface area contributed by atoms with E-state index < -0.39 is 18.1 Å². The number of aliphatic carboxylic acids is 1. The first-order chi connectivity index (χ1) is 8.97. The summed E-state index contributed by atoms with van der Waals surface area (Å²) in [7, 11) is 0. The molecule has 0 aliphatic carbocycles. The Morgan fingerprint density at radius 1 is 1.42 bits per heavy atom. The van der Waals surface area contributed by atoms with E-state index in [1.54, 1.807) is 0 Å². The fourth-order valence-electron chi connectivity index (χ4n) is 2.92. The van der Waals surface area contributed by atoms with E-state index in [1.165, 1.54) is 0 Å². The number of likely N-dealkylation sites (tertiary alicyclic amines) is 1. The monoisotopic (exact) mass is 272 g/mol. The van der Waals surface area contributed by atoms with Gasteiger partial charge in [0, 0.05) is 38.6 Å². The molecule has 2 rings (SSSR count). The Kier molecular flexibility index (Phi) is 4.78. The molecule has 0 aromatic carbocycles. The first-order valence-corrected chi connectivity index (χ1v) is 6.98. The van der Waals surface area contributed by atoms with Crippen molar-refractivity contribution in [2.75, 3.05) is 32.8 Å². The minimum absolute atomic E-state index is 0.0308. The van der Waals surface area contributed by atoms with E-state index in [0.29, 0.717) is 32.2 Å². The molecule has 0 saturated carbocycles. The molecule has 2 heterocycles. The van der Waals surface area contributed by atoms with Gasteiger partial charge in [-0.1, -0.05) is 0 Å². The van der Waals surface area contributed by atoms with E-state index in [4.69, 9.17) is 9.84 Å². The van der Waals surface area contributed by atoms with Crippen molar-refractivity contribution in [2.24, 2.45) is 0 Å². The van der Waals surface area contributed by atoms with Crippen LogP contribution in [0.4, 0.5) is 0 Å². The second-order valence-corrected chi connectivity index (χ2v) is 5.78. The smallest absolute Gasteiger partial charge is 0.321 e. The van der Waals surface area contributed by atoms with Gasteiger partial charge in [0.15, 0.2) is 0 Å². The van der Waals surface area contributed by atoms with Gasteiger partial charge in [0.2, 0.25) is 0 Å². The summed E-state index contributed by atoms with van der Waals surface area (Å²) < 4.78 is 5.73. The molecule has 3 unspecified atom stereocenters. The standard InChI is InChI=1S/C13H24N2O4/c1-9(2)14-3-4-19-11(7-14)8-15-6-10(16)5-12(15)13(17)18/h9-12,16H,3-8H2,1-2H3,(H,17,18). The highest BCUT2D eigenvalue weighted by Crippen LogP contribution is 2.20. The summed E-state index contributed by atoms with van der Waals surface area (Å²) in [5.41, 5.74) is 0. The number of carbonyl (C=O) groups is 1. The first-order valence-electron chi connectivity index (χ1n) is 6.98. The van der Waals surface area contributed by atoms with Crippen molar-refractivity contribution in [3.05, 3.63) is 0 Å². The zero-order chi connectivity index (χ0) is 14.0. The molecule has 2 saturated heterocycles. The average Bonchev–Trinajstić information content (AvgIpc) is 2.70. The lowest BCUT2D eigenvalue weighted by molar-refractivity contribution is -0.143. The van der Waals surface area contributed by atoms with Crippen LogP contribution in [0.3, 0.4) is 0 Å². The predicted octanol–water partition coefficient (Wildman–Crippen LogP) is -0.385. The van der Waals surface area contributed by atoms with Crippen LogP contribution in [-0.2, 0) is 9.53 Å². The number of β-amino-alcohol motifs (C(OH)–C–C–N with tert-alkyl or cyclic N) is 1. The van der Waals surface area contributed by atoms with Gasteiger partial charge in [0.05, 0.1) is 18.8 Å². The Hall–Kier alpha value is -0.690. The Balaban J connectivity index is 1.91. The van der Waals surface area contributed by atoms with Gasteiger partial charge in [0.25, 0.3) is 0 Å². The molecule has 3 atom stereocenters. The quantitative estimate of drug-likeness (QED) is 0.726. The maximum atomic E-state index is 11.2. The molecule has 0 aromatic rings. The van der Waals surface area contributed by atoms with Crippen molar-refractivity contribution in [3.63, 3.8) is 0 Å². The summed E-state index contributed by atoms with van der Waals surface area (Å²) >= 11 is 0. The van der Waals surface area contributed by atoms with E-state index in [-0.39, 0.29) is 6.10 Å². The van der Waals surface area contributed by atoms with Crippen LogP contribution in [0.1, 0.15) is 20.3 Å². The zero-order valence-corrected chi connectivity index (χ0v) is 11.7. The van der Waals surface area contributed by atoms with E-state index in [0.717, 1.165) is 13.1 Å². The molecule has 2 fully saturated rings. The van der Waals surface area contributed by atoms with Crippen LogP contribution in [-0.4, -0.2) is 83.1 Å². The fourth-order valence-corrected chi connectivity index (χ4v) is 2.92. The van der Waals surface area contributed by atoms with Crippen molar-refractivity contribution >= 4 is 5.97 Å². The lowest BCUT2D eigenvalue weighted by Crippen LogP contribution is -2.51. The Bertz CT molecular complexity index is 324. The highest BCUT2D eigenvalue weighted by molar-refractivity contribution is 5.74. The van der Waals surface area contributed by atoms with Crippen molar-refractivity contribution in [1.29, 1.82) is 0 Å². The Morgan fingerprint density at radius 3 is 2.79 bits per heavy atom. The van der Waals surface area contributed by atoms with Gasteiger partial charge in [-0.2, -0.15) is 0 Å². The number of rotatable bonds is 4. The summed E-state index contributed by atoms with van der Waals surface area (Å²) in [5, 5.41) is 18.8. The van der Waals surface area contributed by atoms with E-state index in [2.05, 4.69) is 18.7 Å². The van der Waals surface area contributed by atoms with Crippen LogP contribution in [0.25, 0.3) is 0 Å². The molecule has 0 aromatic heterocycles. The molecule has 2 aliphatic rings. The van der Waals surface area contributed by atoms with Crippen LogP contribution in [0.2, 0.25) is 0 Å². The highest BCUT2D eigenvalue weighted by atomic mass is 16.5. The molecular weight excluding hydrogens is 248 g/mol. The fraction of sp³-hybridized carbons (Fsp3) is 0.923. The Labute approximate surface area is 113 Å². The maximum Gasteiger partial charge on any atom is 0.321 e. The minimum Gasteiger partial charge on any atom is -0.480 e. The molecule has 0 spiro atoms. The molecule has 2 aliphatic heterocycles. The molecule has 0 radical (unpaired) electrons. The van der Waals surface area contributed by atoms with Gasteiger partial charge in [-0.15, -0.1) is 0 Å². The molecule has 19 heavy (non-hydrogen) atoms. The third-order valence-electron chi connectivity index (χ3n) is 4.01. The molecule has 0 amide bonds. The third-order valence-corrected chi connectivity index (χ3v) is 4.01. The van der Waals surface area contributed by atoms with Crippen LogP contribution in [0, 0.1) is 0 Å². The maximum absolute atomic E-state index is 11.2. The van der Waals surface area contributed by atoms with E-state index in [1.807, 2.05) is 4.90 Å². The van der Waals surface area contributed by atoms with Crippen LogP contribution in [0.5, 0.6) is 0 Å². The molecule has 6 nitrogen and oxygen atoms in total. The normalized spacial score (nSPS) is 34.0. The van der Waals surface area contributed by atoms with Gasteiger partial charge < -0.3 is 14.9 Å². The summed E-state index contributed by atoms with van der Waals surface area (Å²) in [4.78, 5) is 15.3. The second-order valence-electron chi connectivity index (χ2n) is 5.78. The van der Waals surface area contributed by atoms with Crippen LogP contribution in [0.15, 0.2) is 0 Å². The number of hydrogen-bond acceptors (Lipinski definition) is 5. The number of aliphatic hydroxyl groups excluding tert-OH is 1. The number of carboxylic acid groups (broad SMARTS) is 1. The Morgan fingerprint density at radius 2 is 2.16 bits per heavy atom. The van der Waals surface area contributed by atoms with Gasteiger partial charge >= 0.3 is 5.97 Å². The van der Waals surface area contributed by atoms with E-state index in [9.17, 15) is 9.90 Å². The van der Waals surface area contributed by atoms with Crippen molar-refractivity contribution in [1.82, 2.24) is 9.80 Å². The van der Waals surface area contributed by atoms with Crippen LogP contribution < -0.4 is 0 Å². The van der Waals surface area contributed by atoms with Gasteiger partial charge in [-0.25, -0.2) is 0 Å². The molecule has 6 heteroatoms. The van der Waals surface area contributed by atoms with Crippen molar-refractivity contribution < 1.29 is 19.7 Å². The third kappa shape index (κ3) is 3.66. The summed E-state index contributed by atoms with van der Waals surface area (Å²) in [5.74, 6) is -0.854. The molecular formula is C13H24N2O4. The SMILES string of the molecule is CC(C)N1CCOC(CN2CC(O)CC2C(=O)O)C1. The highest BCUT2D eigenvalue weighted by Gasteiger charge is 2.37.